The molecule has 0 radical (unpaired) electrons. The molecule has 0 saturated carbocycles. The van der Waals surface area contributed by atoms with Crippen molar-refractivity contribution >= 4 is 22.9 Å². The van der Waals surface area contributed by atoms with Crippen LogP contribution in [0.5, 0.6) is 0 Å². The lowest BCUT2D eigenvalue weighted by molar-refractivity contribution is 0.102. The highest BCUT2D eigenvalue weighted by molar-refractivity contribution is 6.04. The maximum Gasteiger partial charge on any atom is 0.271 e. The second kappa shape index (κ2) is 5.33. The van der Waals surface area contributed by atoms with Crippen LogP contribution in [-0.4, -0.2) is 20.3 Å². The zero-order valence-corrected chi connectivity index (χ0v) is 12.0. The fourth-order valence-electron chi connectivity index (χ4n) is 2.12. The van der Waals surface area contributed by atoms with E-state index in [1.165, 1.54) is 16.8 Å². The first kappa shape index (κ1) is 13.8. The van der Waals surface area contributed by atoms with Crippen LogP contribution in [0.4, 0.5) is 5.69 Å². The summed E-state index contributed by atoms with van der Waals surface area (Å²) in [7, 11) is 0. The minimum atomic E-state index is -0.494. The normalized spacial score (nSPS) is 10.6. The maximum atomic E-state index is 12.3. The van der Waals surface area contributed by atoms with Gasteiger partial charge >= 0.3 is 0 Å². The summed E-state index contributed by atoms with van der Waals surface area (Å²) in [6, 6.07) is 7.28. The average molecular weight is 294 g/mol. The molecular weight excluding hydrogens is 280 g/mol. The van der Waals surface area contributed by atoms with Crippen LogP contribution in [-0.2, 0) is 0 Å². The molecule has 1 amide bonds. The van der Waals surface area contributed by atoms with E-state index in [0.29, 0.717) is 11.5 Å². The lowest BCUT2D eigenvalue weighted by Crippen LogP contribution is -2.26. The summed E-state index contributed by atoms with van der Waals surface area (Å²) in [4.78, 5) is 31.4. The number of hydrogen-bond acceptors (Lipinski definition) is 3. The van der Waals surface area contributed by atoms with Gasteiger partial charge in [0.2, 0.25) is 5.78 Å². The molecule has 2 N–H and O–H groups in total. The van der Waals surface area contributed by atoms with E-state index in [2.05, 4.69) is 21.9 Å². The van der Waals surface area contributed by atoms with Crippen molar-refractivity contribution in [1.29, 1.82) is 0 Å². The number of nitrogens with zero attached hydrogens (tertiary/aromatic N) is 2. The fraction of sp³-hybridized carbons (Fsp3) is 0.0625. The molecule has 0 bridgehead atoms. The number of amides is 1. The maximum absolute atomic E-state index is 12.3. The van der Waals surface area contributed by atoms with Crippen LogP contribution in [0.3, 0.4) is 0 Å². The number of allylic oxidation sites excluding steroid dienone is 1. The van der Waals surface area contributed by atoms with Gasteiger partial charge in [-0.2, -0.15) is 0 Å². The average Bonchev–Trinajstić information content (AvgIpc) is 2.97. The van der Waals surface area contributed by atoms with Gasteiger partial charge in [0.05, 0.1) is 0 Å². The third-order valence-electron chi connectivity index (χ3n) is 3.29. The first-order chi connectivity index (χ1) is 10.6. The molecule has 1 aromatic carbocycles. The SMILES string of the molecule is C=C(C)c1cccc(NC(=O)c2cnc3[nH]ccn3c2=O)c1. The van der Waals surface area contributed by atoms with Crippen LogP contribution >= 0.6 is 0 Å². The Morgan fingerprint density at radius 2 is 2.23 bits per heavy atom. The third-order valence-corrected chi connectivity index (χ3v) is 3.29. The topological polar surface area (TPSA) is 79.3 Å². The largest absolute Gasteiger partial charge is 0.330 e. The standard InChI is InChI=1S/C16H14N4O2/c1-10(2)11-4-3-5-12(8-11)19-14(21)13-9-18-16-17-6-7-20(16)15(13)22/h3-9H,1H2,2H3,(H,17,18)(H,19,21). The molecule has 2 heterocycles. The number of rotatable bonds is 3. The summed E-state index contributed by atoms with van der Waals surface area (Å²) in [5, 5.41) is 2.71. The number of hydrogen-bond donors (Lipinski definition) is 2. The van der Waals surface area contributed by atoms with E-state index in [0.717, 1.165) is 11.1 Å². The third kappa shape index (κ3) is 2.42. The zero-order valence-electron chi connectivity index (χ0n) is 12.0. The Bertz CT molecular complexity index is 936. The Kier molecular flexibility index (Phi) is 3.34. The van der Waals surface area contributed by atoms with Crippen molar-refractivity contribution in [3.8, 4) is 0 Å². The number of nitrogens with one attached hydrogen (secondary N) is 2. The van der Waals surface area contributed by atoms with Gasteiger partial charge in [-0.1, -0.05) is 24.3 Å². The highest BCUT2D eigenvalue weighted by Crippen LogP contribution is 2.17. The molecule has 0 aliphatic heterocycles. The van der Waals surface area contributed by atoms with Gasteiger partial charge < -0.3 is 10.3 Å². The van der Waals surface area contributed by atoms with E-state index in [1.807, 2.05) is 19.1 Å². The predicted octanol–water partition coefficient (Wildman–Crippen LogP) is 2.31. The van der Waals surface area contributed by atoms with Crippen molar-refractivity contribution < 1.29 is 4.79 Å². The summed E-state index contributed by atoms with van der Waals surface area (Å²) in [6.07, 6.45) is 4.39. The monoisotopic (exact) mass is 294 g/mol. The van der Waals surface area contributed by atoms with E-state index in [1.54, 1.807) is 18.3 Å². The van der Waals surface area contributed by atoms with Crippen LogP contribution < -0.4 is 10.9 Å². The van der Waals surface area contributed by atoms with Crippen molar-refractivity contribution in [2.45, 2.75) is 6.92 Å². The number of fused-ring (bicyclic) bond motifs is 1. The number of imidazole rings is 1. The molecule has 3 rings (SSSR count). The number of carbonyl (C=O) groups is 1. The van der Waals surface area contributed by atoms with E-state index in [9.17, 15) is 9.59 Å². The Labute approximate surface area is 126 Å². The van der Waals surface area contributed by atoms with Crippen molar-refractivity contribution in [2.75, 3.05) is 5.32 Å². The Balaban J connectivity index is 1.93. The van der Waals surface area contributed by atoms with Crippen molar-refractivity contribution in [3.63, 3.8) is 0 Å². The summed E-state index contributed by atoms with van der Waals surface area (Å²) in [5.74, 6) is -0.0993. The number of aromatic amines is 1. The molecule has 0 atom stereocenters. The van der Waals surface area contributed by atoms with Crippen LogP contribution in [0.15, 0.2) is 54.2 Å². The van der Waals surface area contributed by atoms with Crippen LogP contribution in [0.2, 0.25) is 0 Å². The van der Waals surface area contributed by atoms with Gasteiger partial charge in [0.15, 0.2) is 0 Å². The number of benzene rings is 1. The van der Waals surface area contributed by atoms with Crippen LogP contribution in [0.1, 0.15) is 22.8 Å². The second-order valence-corrected chi connectivity index (χ2v) is 4.95. The Morgan fingerprint density at radius 1 is 1.41 bits per heavy atom. The minimum absolute atomic E-state index is 0.0159. The molecule has 0 aliphatic rings. The Morgan fingerprint density at radius 3 is 3.00 bits per heavy atom. The van der Waals surface area contributed by atoms with Gasteiger partial charge in [-0.15, -0.1) is 0 Å². The molecule has 0 spiro atoms. The quantitative estimate of drug-likeness (QED) is 0.778. The van der Waals surface area contributed by atoms with E-state index < -0.39 is 11.5 Å². The molecule has 110 valence electrons. The molecule has 6 heteroatoms. The summed E-state index contributed by atoms with van der Waals surface area (Å²) >= 11 is 0. The Hall–Kier alpha value is -3.15. The number of H-pyrrole nitrogens is 1. The van der Waals surface area contributed by atoms with Gasteiger partial charge in [0, 0.05) is 24.3 Å². The molecule has 22 heavy (non-hydrogen) atoms. The van der Waals surface area contributed by atoms with Gasteiger partial charge in [-0.3, -0.25) is 14.0 Å². The highest BCUT2D eigenvalue weighted by atomic mass is 16.2. The molecule has 2 aromatic heterocycles. The first-order valence-electron chi connectivity index (χ1n) is 6.68. The smallest absolute Gasteiger partial charge is 0.271 e. The number of anilines is 1. The van der Waals surface area contributed by atoms with Crippen LogP contribution in [0, 0.1) is 0 Å². The van der Waals surface area contributed by atoms with E-state index >= 15 is 0 Å². The van der Waals surface area contributed by atoms with Gasteiger partial charge in [0.25, 0.3) is 11.5 Å². The second-order valence-electron chi connectivity index (χ2n) is 4.95. The zero-order chi connectivity index (χ0) is 15.7. The molecular formula is C16H14N4O2. The summed E-state index contributed by atoms with van der Waals surface area (Å²) in [5.41, 5.74) is 1.99. The van der Waals surface area contributed by atoms with Crippen molar-refractivity contribution in [2.24, 2.45) is 0 Å². The predicted molar refractivity (Wildman–Crippen MR) is 84.9 cm³/mol. The molecule has 0 fully saturated rings. The van der Waals surface area contributed by atoms with Crippen LogP contribution in [0.25, 0.3) is 11.4 Å². The summed E-state index contributed by atoms with van der Waals surface area (Å²) in [6.45, 7) is 5.75. The van der Waals surface area contributed by atoms with Gasteiger partial charge in [-0.05, 0) is 24.6 Å². The number of carbonyl (C=O) groups excluding carboxylic acids is 1. The first-order valence-corrected chi connectivity index (χ1v) is 6.68. The van der Waals surface area contributed by atoms with Gasteiger partial charge in [-0.25, -0.2) is 4.98 Å². The summed E-state index contributed by atoms with van der Waals surface area (Å²) < 4.78 is 1.29. The highest BCUT2D eigenvalue weighted by Gasteiger charge is 2.14. The fourth-order valence-corrected chi connectivity index (χ4v) is 2.12. The molecule has 0 unspecified atom stereocenters. The lowest BCUT2D eigenvalue weighted by atomic mass is 10.1. The molecule has 0 saturated heterocycles. The van der Waals surface area contributed by atoms with E-state index in [4.69, 9.17) is 0 Å². The van der Waals surface area contributed by atoms with Gasteiger partial charge in [0.1, 0.15) is 5.56 Å². The minimum Gasteiger partial charge on any atom is -0.330 e. The van der Waals surface area contributed by atoms with E-state index in [-0.39, 0.29) is 5.56 Å². The van der Waals surface area contributed by atoms with Crippen molar-refractivity contribution in [1.82, 2.24) is 14.4 Å². The molecule has 3 aromatic rings. The molecule has 6 nitrogen and oxygen atoms in total. The number of aromatic nitrogens is 3. The molecule has 0 aliphatic carbocycles. The lowest BCUT2D eigenvalue weighted by Gasteiger charge is -2.07. The van der Waals surface area contributed by atoms with Crippen molar-refractivity contribution in [3.05, 3.63) is 70.9 Å².